The molecule has 0 unspecified atom stereocenters. The zero-order valence-corrected chi connectivity index (χ0v) is 19.7. The van der Waals surface area contributed by atoms with Crippen molar-refractivity contribution in [1.29, 1.82) is 0 Å². The number of aryl methyl sites for hydroxylation is 3. The normalized spacial score (nSPS) is 12.3. The first-order chi connectivity index (χ1) is 14.4. The van der Waals surface area contributed by atoms with Crippen LogP contribution >= 0.6 is 0 Å². The maximum absolute atomic E-state index is 13.5. The molecule has 0 aromatic carbocycles. The predicted octanol–water partition coefficient (Wildman–Crippen LogP) is 2.40. The van der Waals surface area contributed by atoms with Gasteiger partial charge in [0.25, 0.3) is 5.56 Å². The summed E-state index contributed by atoms with van der Waals surface area (Å²) in [6, 6.07) is 1.92. The number of hydrogen-bond acceptors (Lipinski definition) is 5. The molecule has 9 heteroatoms. The molecule has 0 spiro atoms. The Bertz CT molecular complexity index is 1260. The molecule has 0 bridgehead atoms. The van der Waals surface area contributed by atoms with Crippen molar-refractivity contribution in [2.24, 2.45) is 12.5 Å². The number of carbonyl (C=O) groups excluding carboxylic acids is 1. The van der Waals surface area contributed by atoms with E-state index in [2.05, 4.69) is 10.1 Å². The van der Waals surface area contributed by atoms with E-state index in [1.807, 2.05) is 33.8 Å². The van der Waals surface area contributed by atoms with Gasteiger partial charge in [0.2, 0.25) is 5.95 Å². The van der Waals surface area contributed by atoms with E-state index in [0.717, 1.165) is 28.8 Å². The fraction of sp³-hybridized carbons (Fsp3) is 0.591. The van der Waals surface area contributed by atoms with Gasteiger partial charge in [-0.05, 0) is 32.8 Å². The van der Waals surface area contributed by atoms with Crippen LogP contribution in [0.4, 0.5) is 0 Å². The molecular weight excluding hydrogens is 396 g/mol. The van der Waals surface area contributed by atoms with Crippen molar-refractivity contribution in [3.05, 3.63) is 38.3 Å². The smallest absolute Gasteiger partial charge is 0.300 e. The van der Waals surface area contributed by atoms with E-state index < -0.39 is 16.7 Å². The Hall–Kier alpha value is -2.97. The predicted molar refractivity (Wildman–Crippen MR) is 120 cm³/mol. The van der Waals surface area contributed by atoms with Crippen LogP contribution in [0.3, 0.4) is 0 Å². The molecule has 31 heavy (non-hydrogen) atoms. The summed E-state index contributed by atoms with van der Waals surface area (Å²) < 4.78 is 5.92. The molecule has 0 saturated heterocycles. The van der Waals surface area contributed by atoms with Crippen LogP contribution in [0.25, 0.3) is 17.1 Å². The second-order valence-electron chi connectivity index (χ2n) is 9.20. The molecule has 0 aliphatic rings. The van der Waals surface area contributed by atoms with Gasteiger partial charge in [-0.15, -0.1) is 0 Å². The molecule has 0 aliphatic heterocycles. The lowest BCUT2D eigenvalue weighted by Crippen LogP contribution is -2.43. The number of imidazole rings is 1. The maximum Gasteiger partial charge on any atom is 0.332 e. The SMILES string of the molecule is CCc1cc(CC)n(-c2nc3c(c(=O)n(CC(=O)C(C)(C)C)c(=O)n3C)n2C(C)C)n1. The minimum absolute atomic E-state index is 0.115. The second-order valence-corrected chi connectivity index (χ2v) is 9.20. The first-order valence-corrected chi connectivity index (χ1v) is 10.8. The highest BCUT2D eigenvalue weighted by Gasteiger charge is 2.27. The summed E-state index contributed by atoms with van der Waals surface area (Å²) in [6.07, 6.45) is 1.53. The highest BCUT2D eigenvalue weighted by molar-refractivity contribution is 5.83. The van der Waals surface area contributed by atoms with Gasteiger partial charge in [-0.25, -0.2) is 9.48 Å². The monoisotopic (exact) mass is 428 g/mol. The summed E-state index contributed by atoms with van der Waals surface area (Å²) in [4.78, 5) is 43.7. The highest BCUT2D eigenvalue weighted by atomic mass is 16.2. The van der Waals surface area contributed by atoms with Crippen LogP contribution in [0.2, 0.25) is 0 Å². The number of nitrogens with zero attached hydrogens (tertiary/aromatic N) is 6. The lowest BCUT2D eigenvalue weighted by molar-refractivity contribution is -0.127. The summed E-state index contributed by atoms with van der Waals surface area (Å²) >= 11 is 0. The van der Waals surface area contributed by atoms with E-state index in [-0.39, 0.29) is 24.0 Å². The van der Waals surface area contributed by atoms with E-state index in [4.69, 9.17) is 0 Å². The van der Waals surface area contributed by atoms with Gasteiger partial charge in [0.1, 0.15) is 0 Å². The summed E-state index contributed by atoms with van der Waals surface area (Å²) in [5, 5.41) is 4.68. The second kappa shape index (κ2) is 7.94. The molecule has 0 amide bonds. The molecule has 0 N–H and O–H groups in total. The Morgan fingerprint density at radius 2 is 1.77 bits per heavy atom. The van der Waals surface area contributed by atoms with Crippen molar-refractivity contribution in [2.75, 3.05) is 0 Å². The van der Waals surface area contributed by atoms with Crippen LogP contribution in [-0.2, 0) is 31.2 Å². The standard InChI is InChI=1S/C22H32N6O3/c1-9-14-11-15(10-2)28(24-14)20-23-18-17(27(20)13(3)4)19(30)26(21(31)25(18)8)12-16(29)22(5,6)7/h11,13H,9-10,12H2,1-8H3. The van der Waals surface area contributed by atoms with Gasteiger partial charge >= 0.3 is 5.69 Å². The van der Waals surface area contributed by atoms with Crippen LogP contribution in [-0.4, -0.2) is 34.2 Å². The van der Waals surface area contributed by atoms with Gasteiger partial charge < -0.3 is 0 Å². The number of aromatic nitrogens is 6. The molecule has 3 aromatic heterocycles. The van der Waals surface area contributed by atoms with E-state index in [1.54, 1.807) is 37.1 Å². The lowest BCUT2D eigenvalue weighted by atomic mass is 9.91. The molecule has 3 heterocycles. The van der Waals surface area contributed by atoms with Gasteiger partial charge in [0.05, 0.1) is 12.2 Å². The maximum atomic E-state index is 13.5. The molecule has 0 aliphatic carbocycles. The van der Waals surface area contributed by atoms with Crippen molar-refractivity contribution in [2.45, 2.75) is 73.9 Å². The highest BCUT2D eigenvalue weighted by Crippen LogP contribution is 2.22. The van der Waals surface area contributed by atoms with Crippen LogP contribution < -0.4 is 11.2 Å². The molecule has 168 valence electrons. The Morgan fingerprint density at radius 1 is 1.13 bits per heavy atom. The van der Waals surface area contributed by atoms with Crippen molar-refractivity contribution in [3.8, 4) is 5.95 Å². The molecule has 0 fully saturated rings. The summed E-state index contributed by atoms with van der Waals surface area (Å²) in [5.41, 5.74) is 0.760. The largest absolute Gasteiger partial charge is 0.332 e. The molecular formula is C22H32N6O3. The molecule has 0 atom stereocenters. The Kier molecular flexibility index (Phi) is 5.82. The third kappa shape index (κ3) is 3.77. The average molecular weight is 429 g/mol. The van der Waals surface area contributed by atoms with E-state index in [1.165, 1.54) is 4.57 Å². The minimum atomic E-state index is -0.662. The number of Topliss-reactive ketones (excluding diaryl/α,β-unsaturated/α-hetero) is 1. The zero-order valence-electron chi connectivity index (χ0n) is 19.7. The Balaban J connectivity index is 2.39. The lowest BCUT2D eigenvalue weighted by Gasteiger charge is -2.18. The van der Waals surface area contributed by atoms with Gasteiger partial charge in [-0.2, -0.15) is 10.1 Å². The van der Waals surface area contributed by atoms with Gasteiger partial charge in [-0.1, -0.05) is 34.6 Å². The van der Waals surface area contributed by atoms with E-state index in [0.29, 0.717) is 11.5 Å². The van der Waals surface area contributed by atoms with Crippen molar-refractivity contribution in [3.63, 3.8) is 0 Å². The number of fused-ring (bicyclic) bond motifs is 1. The fourth-order valence-electron chi connectivity index (χ4n) is 3.56. The Morgan fingerprint density at radius 3 is 2.29 bits per heavy atom. The topological polar surface area (TPSA) is 96.7 Å². The number of hydrogen-bond donors (Lipinski definition) is 0. The average Bonchev–Trinajstić information content (AvgIpc) is 3.29. The molecule has 3 rings (SSSR count). The number of ketones is 1. The van der Waals surface area contributed by atoms with Crippen molar-refractivity contribution < 1.29 is 4.79 Å². The quantitative estimate of drug-likeness (QED) is 0.601. The molecule has 0 radical (unpaired) electrons. The minimum Gasteiger partial charge on any atom is -0.300 e. The van der Waals surface area contributed by atoms with Gasteiger partial charge in [0, 0.05) is 24.2 Å². The van der Waals surface area contributed by atoms with Gasteiger partial charge in [-0.3, -0.25) is 23.3 Å². The zero-order chi connectivity index (χ0) is 23.2. The van der Waals surface area contributed by atoms with Gasteiger partial charge in [0.15, 0.2) is 16.9 Å². The third-order valence-corrected chi connectivity index (χ3v) is 5.56. The van der Waals surface area contributed by atoms with Crippen molar-refractivity contribution >= 4 is 16.9 Å². The van der Waals surface area contributed by atoms with Crippen LogP contribution in [0.5, 0.6) is 0 Å². The first-order valence-electron chi connectivity index (χ1n) is 10.8. The van der Waals surface area contributed by atoms with Crippen LogP contribution in [0, 0.1) is 5.41 Å². The third-order valence-electron chi connectivity index (χ3n) is 5.56. The van der Waals surface area contributed by atoms with Crippen LogP contribution in [0.1, 0.15) is 65.9 Å². The molecule has 9 nitrogen and oxygen atoms in total. The number of carbonyl (C=O) groups is 1. The fourth-order valence-corrected chi connectivity index (χ4v) is 3.56. The van der Waals surface area contributed by atoms with E-state index >= 15 is 0 Å². The summed E-state index contributed by atoms with van der Waals surface area (Å²) in [7, 11) is 1.57. The number of rotatable bonds is 6. The van der Waals surface area contributed by atoms with Crippen molar-refractivity contribution in [1.82, 2.24) is 28.5 Å². The molecule has 0 saturated carbocycles. The Labute approximate surface area is 181 Å². The molecule has 3 aromatic rings. The first kappa shape index (κ1) is 22.7. The summed E-state index contributed by atoms with van der Waals surface area (Å²) in [5.74, 6) is 0.309. The van der Waals surface area contributed by atoms with E-state index in [9.17, 15) is 14.4 Å². The summed E-state index contributed by atoms with van der Waals surface area (Å²) in [6.45, 7) is 13.0. The van der Waals surface area contributed by atoms with Crippen LogP contribution in [0.15, 0.2) is 15.7 Å².